The van der Waals surface area contributed by atoms with Crippen LogP contribution in [-0.4, -0.2) is 45.2 Å². The molecule has 1 amide bonds. The van der Waals surface area contributed by atoms with E-state index in [1.165, 1.54) is 41.3 Å². The topological polar surface area (TPSA) is 54.3 Å². The van der Waals surface area contributed by atoms with Crippen LogP contribution in [0.5, 0.6) is 0 Å². The Morgan fingerprint density at radius 2 is 2.04 bits per heavy atom. The van der Waals surface area contributed by atoms with Crippen LogP contribution in [0.2, 0.25) is 0 Å². The molecule has 2 aromatic rings. The molecule has 0 unspecified atom stereocenters. The Hall–Kier alpha value is -1.73. The van der Waals surface area contributed by atoms with Gasteiger partial charge in [0.25, 0.3) is 0 Å². The van der Waals surface area contributed by atoms with Gasteiger partial charge in [-0.2, -0.15) is 5.10 Å². The van der Waals surface area contributed by atoms with Crippen LogP contribution in [0.3, 0.4) is 0 Å². The maximum absolute atomic E-state index is 11.9. The summed E-state index contributed by atoms with van der Waals surface area (Å²) in [5.74, 6) is 0.225. The molecule has 2 fully saturated rings. The Kier molecular flexibility index (Phi) is 3.86. The van der Waals surface area contributed by atoms with Gasteiger partial charge in [0.15, 0.2) is 0 Å². The summed E-state index contributed by atoms with van der Waals surface area (Å²) in [6.45, 7) is 3.82. The summed E-state index contributed by atoms with van der Waals surface area (Å²) in [6.07, 6.45) is 10.5. The Morgan fingerprint density at radius 3 is 2.84 bits per heavy atom. The first-order valence-corrected chi connectivity index (χ1v) is 10.1. The highest BCUT2D eigenvalue weighted by Gasteiger charge is 2.31. The van der Waals surface area contributed by atoms with Crippen molar-refractivity contribution in [3.8, 4) is 0 Å². The molecule has 2 aromatic heterocycles. The van der Waals surface area contributed by atoms with E-state index in [0.29, 0.717) is 12.5 Å². The van der Waals surface area contributed by atoms with Crippen molar-refractivity contribution in [3.05, 3.63) is 28.0 Å². The van der Waals surface area contributed by atoms with Gasteiger partial charge in [-0.05, 0) is 32.1 Å². The number of thiazole rings is 1. The van der Waals surface area contributed by atoms with Crippen molar-refractivity contribution in [3.63, 3.8) is 0 Å². The van der Waals surface area contributed by atoms with Gasteiger partial charge in [0.05, 0.1) is 30.2 Å². The van der Waals surface area contributed by atoms with E-state index in [9.17, 15) is 4.79 Å². The summed E-state index contributed by atoms with van der Waals surface area (Å²) >= 11 is 1.91. The molecule has 2 aliphatic heterocycles. The molecule has 5 rings (SSSR count). The van der Waals surface area contributed by atoms with E-state index in [2.05, 4.69) is 10.00 Å². The normalized spacial score (nSPS) is 21.6. The lowest BCUT2D eigenvalue weighted by atomic mass is 10.0. The molecule has 0 saturated carbocycles. The number of anilines is 1. The van der Waals surface area contributed by atoms with Gasteiger partial charge < -0.3 is 4.90 Å². The average Bonchev–Trinajstić information content (AvgIpc) is 3.28. The Labute approximate surface area is 151 Å². The largest absolute Gasteiger partial charge is 0.309 e. The van der Waals surface area contributed by atoms with E-state index in [-0.39, 0.29) is 5.91 Å². The number of hydrogen-bond donors (Lipinski definition) is 0. The fourth-order valence-corrected chi connectivity index (χ4v) is 5.29. The summed E-state index contributed by atoms with van der Waals surface area (Å²) in [6, 6.07) is 0.418. The van der Waals surface area contributed by atoms with Crippen molar-refractivity contribution >= 4 is 22.9 Å². The van der Waals surface area contributed by atoms with Crippen LogP contribution in [0.4, 0.5) is 5.69 Å². The van der Waals surface area contributed by atoms with E-state index >= 15 is 0 Å². The second-order valence-corrected chi connectivity index (χ2v) is 8.53. The van der Waals surface area contributed by atoms with Crippen LogP contribution in [0.15, 0.2) is 12.4 Å². The van der Waals surface area contributed by atoms with Crippen LogP contribution in [0.25, 0.3) is 0 Å². The van der Waals surface area contributed by atoms with Crippen LogP contribution in [0.1, 0.15) is 47.3 Å². The fourth-order valence-electron chi connectivity index (χ4n) is 4.09. The molecule has 6 nitrogen and oxygen atoms in total. The first-order valence-electron chi connectivity index (χ1n) is 9.30. The summed E-state index contributed by atoms with van der Waals surface area (Å²) in [5.41, 5.74) is 2.31. The zero-order valence-corrected chi connectivity index (χ0v) is 15.2. The van der Waals surface area contributed by atoms with Crippen LogP contribution < -0.4 is 4.90 Å². The number of carbonyl (C=O) groups is 1. The molecule has 1 aliphatic carbocycles. The van der Waals surface area contributed by atoms with Gasteiger partial charge in [-0.3, -0.25) is 14.4 Å². The van der Waals surface area contributed by atoms with E-state index in [4.69, 9.17) is 4.98 Å². The third-order valence-corrected chi connectivity index (χ3v) is 6.68. The van der Waals surface area contributed by atoms with Gasteiger partial charge in [-0.1, -0.05) is 0 Å². The first kappa shape index (κ1) is 15.5. The first-order chi connectivity index (χ1) is 12.3. The Bertz CT molecular complexity index is 768. The molecule has 0 bridgehead atoms. The van der Waals surface area contributed by atoms with E-state index in [1.54, 1.807) is 0 Å². The number of aryl methyl sites for hydroxylation is 2. The maximum atomic E-state index is 11.9. The molecule has 0 aromatic carbocycles. The molecule has 0 radical (unpaired) electrons. The molecule has 132 valence electrons. The molecule has 3 aliphatic rings. The number of fused-ring (bicyclic) bond motifs is 1. The summed E-state index contributed by atoms with van der Waals surface area (Å²) in [4.78, 5) is 22.5. The maximum Gasteiger partial charge on any atom is 0.227 e. The van der Waals surface area contributed by atoms with Gasteiger partial charge in [0, 0.05) is 37.1 Å². The van der Waals surface area contributed by atoms with Crippen molar-refractivity contribution in [2.24, 2.45) is 0 Å². The minimum absolute atomic E-state index is 0.225. The monoisotopic (exact) mass is 357 g/mol. The number of aromatic nitrogens is 3. The van der Waals surface area contributed by atoms with E-state index in [1.807, 2.05) is 33.3 Å². The molecular formula is C18H23N5OS. The molecule has 0 N–H and O–H groups in total. The number of amides is 1. The Morgan fingerprint density at radius 1 is 1.16 bits per heavy atom. The van der Waals surface area contributed by atoms with Gasteiger partial charge in [0.1, 0.15) is 5.01 Å². The molecule has 25 heavy (non-hydrogen) atoms. The lowest BCUT2D eigenvalue weighted by Crippen LogP contribution is -2.47. The standard InChI is InChI=1S/C18H23N5OS/c24-18-6-3-7-22(18)13-8-19-23(11-13)14-9-21(10-14)12-17-20-15-4-1-2-5-16(15)25-17/h8,11,14H,1-7,9-10,12H2. The number of nitrogens with zero attached hydrogens (tertiary/aromatic N) is 5. The fraction of sp³-hybridized carbons (Fsp3) is 0.611. The van der Waals surface area contributed by atoms with Gasteiger partial charge in [0.2, 0.25) is 5.91 Å². The molecule has 7 heteroatoms. The minimum atomic E-state index is 0.225. The van der Waals surface area contributed by atoms with Gasteiger partial charge >= 0.3 is 0 Å². The van der Waals surface area contributed by atoms with Crippen LogP contribution in [0, 0.1) is 0 Å². The highest BCUT2D eigenvalue weighted by Crippen LogP contribution is 2.30. The van der Waals surface area contributed by atoms with Crippen molar-refractivity contribution < 1.29 is 4.79 Å². The third-order valence-electron chi connectivity index (χ3n) is 5.53. The average molecular weight is 357 g/mol. The summed E-state index contributed by atoms with van der Waals surface area (Å²) in [5, 5.41) is 5.77. The predicted octanol–water partition coefficient (Wildman–Crippen LogP) is 2.40. The molecular weight excluding hydrogens is 334 g/mol. The van der Waals surface area contributed by atoms with E-state index < -0.39 is 0 Å². The van der Waals surface area contributed by atoms with Crippen LogP contribution in [-0.2, 0) is 24.2 Å². The zero-order chi connectivity index (χ0) is 16.8. The zero-order valence-electron chi connectivity index (χ0n) is 14.4. The lowest BCUT2D eigenvalue weighted by Gasteiger charge is -2.38. The van der Waals surface area contributed by atoms with Crippen LogP contribution >= 0.6 is 11.3 Å². The quantitative estimate of drug-likeness (QED) is 0.843. The number of hydrogen-bond acceptors (Lipinski definition) is 5. The molecule has 4 heterocycles. The smallest absolute Gasteiger partial charge is 0.227 e. The lowest BCUT2D eigenvalue weighted by molar-refractivity contribution is -0.117. The summed E-state index contributed by atoms with van der Waals surface area (Å²) < 4.78 is 2.03. The molecule has 0 atom stereocenters. The van der Waals surface area contributed by atoms with Crippen molar-refractivity contribution in [1.82, 2.24) is 19.7 Å². The third kappa shape index (κ3) is 2.89. The van der Waals surface area contributed by atoms with Gasteiger partial charge in [-0.25, -0.2) is 4.98 Å². The predicted molar refractivity (Wildman–Crippen MR) is 96.9 cm³/mol. The van der Waals surface area contributed by atoms with Crippen molar-refractivity contribution in [1.29, 1.82) is 0 Å². The SMILES string of the molecule is O=C1CCCN1c1cnn(C2CN(Cc3nc4c(s3)CCCC4)C2)c1. The molecule has 0 spiro atoms. The number of carbonyl (C=O) groups excluding carboxylic acids is 1. The number of rotatable bonds is 4. The second kappa shape index (κ2) is 6.21. The Balaban J connectivity index is 1.19. The van der Waals surface area contributed by atoms with Crippen molar-refractivity contribution in [2.45, 2.75) is 51.1 Å². The minimum Gasteiger partial charge on any atom is -0.309 e. The summed E-state index contributed by atoms with van der Waals surface area (Å²) in [7, 11) is 0. The highest BCUT2D eigenvalue weighted by atomic mass is 32.1. The highest BCUT2D eigenvalue weighted by molar-refractivity contribution is 7.11. The van der Waals surface area contributed by atoms with Gasteiger partial charge in [-0.15, -0.1) is 11.3 Å². The van der Waals surface area contributed by atoms with Crippen molar-refractivity contribution in [2.75, 3.05) is 24.5 Å². The number of likely N-dealkylation sites (tertiary alicyclic amines) is 1. The second-order valence-electron chi connectivity index (χ2n) is 7.36. The molecule has 2 saturated heterocycles. The van der Waals surface area contributed by atoms with E-state index in [0.717, 1.165) is 38.3 Å².